The minimum Gasteiger partial charge on any atom is -0.375 e. The van der Waals surface area contributed by atoms with Crippen molar-refractivity contribution in [3.05, 3.63) is 0 Å². The van der Waals surface area contributed by atoms with Gasteiger partial charge in [-0.2, -0.15) is 0 Å². The monoisotopic (exact) mass is 654 g/mol. The number of hydrogen-bond donors (Lipinski definition) is 0. The highest BCUT2D eigenvalue weighted by Crippen LogP contribution is 2.42. The van der Waals surface area contributed by atoms with Gasteiger partial charge in [-0.1, -0.05) is 122 Å². The van der Waals surface area contributed by atoms with Gasteiger partial charge in [-0.05, 0) is 12.8 Å². The van der Waals surface area contributed by atoms with Crippen molar-refractivity contribution >= 4 is 95.6 Å². The first-order chi connectivity index (χ1) is 8.57. The normalized spacial score (nSPS) is 16.4. The van der Waals surface area contributed by atoms with E-state index in [0.717, 1.165) is 38.5 Å². The third-order valence-electron chi connectivity index (χ3n) is 2.52. The van der Waals surface area contributed by atoms with Gasteiger partial charge in [0, 0.05) is 12.8 Å². The summed E-state index contributed by atoms with van der Waals surface area (Å²) in [5.74, 6) is 0. The summed E-state index contributed by atoms with van der Waals surface area (Å²) >= 11 is 21.4. The molecule has 19 heavy (non-hydrogen) atoms. The zero-order chi connectivity index (χ0) is 15.1. The second-order valence-electron chi connectivity index (χ2n) is 4.60. The lowest BCUT2D eigenvalue weighted by Gasteiger charge is -2.29. The Hall–Kier alpha value is 2.84. The van der Waals surface area contributed by atoms with Gasteiger partial charge in [0.1, 0.15) is 4.29 Å². The molecule has 0 rings (SSSR count). The zero-order valence-corrected chi connectivity index (χ0v) is 20.6. The van der Waals surface area contributed by atoms with Crippen molar-refractivity contribution in [1.82, 2.24) is 0 Å². The fourth-order valence-corrected chi connectivity index (χ4v) is 4.04. The summed E-state index contributed by atoms with van der Waals surface area (Å²) in [6.45, 7) is 4.38. The molecule has 0 heterocycles. The van der Waals surface area contributed by atoms with Crippen LogP contribution in [0.3, 0.4) is 0 Å². The van der Waals surface area contributed by atoms with Gasteiger partial charge in [-0.25, -0.2) is 0 Å². The summed E-state index contributed by atoms with van der Waals surface area (Å²) in [6, 6.07) is 0. The highest BCUT2D eigenvalue weighted by atomic mass is 80.0. The summed E-state index contributed by atoms with van der Waals surface area (Å²) in [4.78, 5) is 0. The largest absolute Gasteiger partial charge is 0.375 e. The van der Waals surface area contributed by atoms with Gasteiger partial charge in [-0.3, -0.25) is 0 Å². The summed E-state index contributed by atoms with van der Waals surface area (Å²) in [6.07, 6.45) is 6.57. The lowest BCUT2D eigenvalue weighted by atomic mass is 10.1. The Morgan fingerprint density at radius 2 is 1.05 bits per heavy atom. The molecule has 0 aliphatic heterocycles. The summed E-state index contributed by atoms with van der Waals surface area (Å²) in [5, 5.41) is 0. The van der Waals surface area contributed by atoms with Gasteiger partial charge < -0.3 is 4.74 Å². The van der Waals surface area contributed by atoms with Gasteiger partial charge >= 0.3 is 0 Å². The van der Waals surface area contributed by atoms with Crippen LogP contribution in [0.5, 0.6) is 0 Å². The molecule has 116 valence electrons. The van der Waals surface area contributed by atoms with E-state index in [1.807, 2.05) is 0 Å². The Labute approximate surface area is 167 Å². The van der Waals surface area contributed by atoms with Crippen molar-refractivity contribution in [2.75, 3.05) is 0 Å². The molecule has 0 amide bonds. The Morgan fingerprint density at radius 1 is 0.737 bits per heavy atom. The molecule has 0 radical (unpaired) electrons. The van der Waals surface area contributed by atoms with E-state index < -0.39 is 0 Å². The molecule has 7 heteroatoms. The minimum atomic E-state index is -0.238. The molecular formula is C12H20Br6O. The van der Waals surface area contributed by atoms with E-state index in [0.29, 0.717) is 0 Å². The SMILES string of the molecule is CCCC(CC(Br)(Br)Br)OC(CCC)CC(Br)(Br)Br. The van der Waals surface area contributed by atoms with Gasteiger partial charge in [-0.15, -0.1) is 0 Å². The van der Waals surface area contributed by atoms with Crippen molar-refractivity contribution in [1.29, 1.82) is 0 Å². The third kappa shape index (κ3) is 14.2. The van der Waals surface area contributed by atoms with Crippen molar-refractivity contribution in [2.24, 2.45) is 0 Å². The van der Waals surface area contributed by atoms with Gasteiger partial charge in [0.25, 0.3) is 0 Å². The highest BCUT2D eigenvalue weighted by molar-refractivity contribution is 9.39. The molecule has 0 bridgehead atoms. The average Bonchev–Trinajstić information content (AvgIpc) is 2.12. The highest BCUT2D eigenvalue weighted by Gasteiger charge is 2.29. The van der Waals surface area contributed by atoms with Gasteiger partial charge in [0.15, 0.2) is 0 Å². The fourth-order valence-electron chi connectivity index (χ4n) is 1.87. The maximum Gasteiger partial charge on any atom is 0.137 e. The van der Waals surface area contributed by atoms with E-state index in [-0.39, 0.29) is 16.5 Å². The molecule has 0 saturated carbocycles. The Balaban J connectivity index is 4.55. The molecule has 0 aliphatic rings. The van der Waals surface area contributed by atoms with E-state index in [9.17, 15) is 0 Å². The molecule has 0 aromatic rings. The standard InChI is InChI=1S/C12H20Br6O/c1-3-5-9(7-11(13,14)15)19-10(6-4-2)8-12(16,17)18/h9-10H,3-8H2,1-2H3. The molecule has 0 saturated heterocycles. The maximum absolute atomic E-state index is 6.30. The van der Waals surface area contributed by atoms with Gasteiger partial charge in [0.05, 0.1) is 12.2 Å². The number of ether oxygens (including phenoxy) is 1. The smallest absolute Gasteiger partial charge is 0.137 e. The number of rotatable bonds is 8. The predicted molar refractivity (Wildman–Crippen MR) is 107 cm³/mol. The molecule has 1 nitrogen and oxygen atoms in total. The van der Waals surface area contributed by atoms with E-state index in [4.69, 9.17) is 4.74 Å². The topological polar surface area (TPSA) is 9.23 Å². The van der Waals surface area contributed by atoms with Crippen molar-refractivity contribution in [2.45, 2.75) is 68.9 Å². The lowest BCUT2D eigenvalue weighted by molar-refractivity contribution is -0.0252. The second kappa shape index (κ2) is 10.6. The van der Waals surface area contributed by atoms with Crippen molar-refractivity contribution in [3.63, 3.8) is 0 Å². The van der Waals surface area contributed by atoms with Crippen LogP contribution in [0.25, 0.3) is 0 Å². The quantitative estimate of drug-likeness (QED) is 0.242. The lowest BCUT2D eigenvalue weighted by Crippen LogP contribution is -2.28. The molecule has 0 aromatic heterocycles. The van der Waals surface area contributed by atoms with Crippen LogP contribution < -0.4 is 0 Å². The molecule has 0 fully saturated rings. The van der Waals surface area contributed by atoms with Crippen LogP contribution in [0, 0.1) is 0 Å². The number of hydrogen-bond acceptors (Lipinski definition) is 1. The summed E-state index contributed by atoms with van der Waals surface area (Å²) < 4.78 is 5.83. The second-order valence-corrected chi connectivity index (χ2v) is 19.1. The van der Waals surface area contributed by atoms with Gasteiger partial charge in [0.2, 0.25) is 0 Å². The van der Waals surface area contributed by atoms with Crippen LogP contribution in [0.4, 0.5) is 0 Å². The Morgan fingerprint density at radius 3 is 1.26 bits per heavy atom. The first kappa shape index (κ1) is 21.8. The first-order valence-corrected chi connectivity index (χ1v) is 11.1. The number of alkyl halides is 6. The van der Waals surface area contributed by atoms with Crippen LogP contribution in [-0.4, -0.2) is 16.5 Å². The van der Waals surface area contributed by atoms with Crippen LogP contribution in [0.1, 0.15) is 52.4 Å². The summed E-state index contributed by atoms with van der Waals surface area (Å²) in [5.41, 5.74) is 0. The first-order valence-electron chi connectivity index (χ1n) is 6.36. The Bertz CT molecular complexity index is 211. The molecule has 0 N–H and O–H groups in total. The molecule has 0 aromatic carbocycles. The predicted octanol–water partition coefficient (Wildman–Crippen LogP) is 7.80. The summed E-state index contributed by atoms with van der Waals surface area (Å²) in [7, 11) is 0. The van der Waals surface area contributed by atoms with E-state index >= 15 is 0 Å². The molecule has 2 atom stereocenters. The van der Waals surface area contributed by atoms with Crippen LogP contribution in [0.2, 0.25) is 0 Å². The van der Waals surface area contributed by atoms with E-state index in [1.54, 1.807) is 0 Å². The van der Waals surface area contributed by atoms with Crippen molar-refractivity contribution in [3.8, 4) is 0 Å². The molecule has 0 aliphatic carbocycles. The van der Waals surface area contributed by atoms with E-state index in [1.165, 1.54) is 0 Å². The van der Waals surface area contributed by atoms with Crippen LogP contribution >= 0.6 is 95.6 Å². The maximum atomic E-state index is 6.30. The van der Waals surface area contributed by atoms with E-state index in [2.05, 4.69) is 109 Å². The van der Waals surface area contributed by atoms with Crippen molar-refractivity contribution < 1.29 is 4.74 Å². The minimum absolute atomic E-state index is 0.231. The molecule has 0 spiro atoms. The zero-order valence-electron chi connectivity index (χ0n) is 11.1. The average molecular weight is 660 g/mol. The number of halogens is 6. The molecule has 2 unspecified atom stereocenters. The Kier molecular flexibility index (Phi) is 12.2. The van der Waals surface area contributed by atoms with Crippen LogP contribution in [-0.2, 0) is 4.74 Å². The van der Waals surface area contributed by atoms with Crippen LogP contribution in [0.15, 0.2) is 0 Å². The molecular weight excluding hydrogens is 640 g/mol. The third-order valence-corrected chi connectivity index (χ3v) is 4.47. The fraction of sp³-hybridized carbons (Fsp3) is 1.00.